The van der Waals surface area contributed by atoms with Gasteiger partial charge in [-0.25, -0.2) is 0 Å². The monoisotopic (exact) mass is 268 g/mol. The Morgan fingerprint density at radius 1 is 1.10 bits per heavy atom. The van der Waals surface area contributed by atoms with E-state index >= 15 is 0 Å². The lowest BCUT2D eigenvalue weighted by atomic mass is 9.96. The molecule has 2 N–H and O–H groups in total. The van der Waals surface area contributed by atoms with Crippen LogP contribution in [-0.4, -0.2) is 15.3 Å². The van der Waals surface area contributed by atoms with Gasteiger partial charge in [-0.1, -0.05) is 42.8 Å². The Bertz CT molecular complexity index is 586. The number of benzene rings is 1. The first-order valence-corrected chi connectivity index (χ1v) is 7.32. The van der Waals surface area contributed by atoms with E-state index in [1.807, 2.05) is 30.3 Å². The summed E-state index contributed by atoms with van der Waals surface area (Å²) in [5, 5.41) is 17.8. The molecule has 0 radical (unpaired) electrons. The molecule has 0 fully saturated rings. The maximum absolute atomic E-state index is 10.7. The van der Waals surface area contributed by atoms with Gasteiger partial charge >= 0.3 is 0 Å². The number of aliphatic hydroxyl groups excluding tert-OH is 1. The van der Waals surface area contributed by atoms with Crippen molar-refractivity contribution in [2.45, 2.75) is 38.2 Å². The minimum Gasteiger partial charge on any atom is -0.384 e. The highest BCUT2D eigenvalue weighted by Crippen LogP contribution is 2.33. The van der Waals surface area contributed by atoms with Crippen molar-refractivity contribution in [2.24, 2.45) is 0 Å². The third kappa shape index (κ3) is 2.68. The van der Waals surface area contributed by atoms with Crippen LogP contribution in [-0.2, 0) is 0 Å². The van der Waals surface area contributed by atoms with Gasteiger partial charge in [0.15, 0.2) is 0 Å². The Kier molecular flexibility index (Phi) is 3.97. The Labute approximate surface area is 119 Å². The lowest BCUT2D eigenvalue weighted by Gasteiger charge is -2.14. The van der Waals surface area contributed by atoms with Gasteiger partial charge < -0.3 is 5.11 Å². The molecule has 0 saturated carbocycles. The second-order valence-corrected chi connectivity index (χ2v) is 5.35. The summed E-state index contributed by atoms with van der Waals surface area (Å²) in [6.45, 7) is 0. The van der Waals surface area contributed by atoms with E-state index in [4.69, 9.17) is 0 Å². The summed E-state index contributed by atoms with van der Waals surface area (Å²) in [6, 6.07) is 10.1. The SMILES string of the molecule is OC(C1=CCCCCC1)c1cn[nH]c1-c1ccccc1. The summed E-state index contributed by atoms with van der Waals surface area (Å²) >= 11 is 0. The van der Waals surface area contributed by atoms with Crippen LogP contribution in [0.25, 0.3) is 11.3 Å². The molecule has 3 nitrogen and oxygen atoms in total. The van der Waals surface area contributed by atoms with Crippen molar-refractivity contribution in [3.63, 3.8) is 0 Å². The number of aliphatic hydroxyl groups is 1. The van der Waals surface area contributed by atoms with Crippen molar-refractivity contribution in [1.29, 1.82) is 0 Å². The smallest absolute Gasteiger partial charge is 0.104 e. The van der Waals surface area contributed by atoms with E-state index < -0.39 is 6.10 Å². The molecule has 104 valence electrons. The highest BCUT2D eigenvalue weighted by Gasteiger charge is 2.20. The molecule has 1 aliphatic rings. The van der Waals surface area contributed by atoms with Crippen LogP contribution in [0.3, 0.4) is 0 Å². The molecule has 0 spiro atoms. The first-order chi connectivity index (χ1) is 9.86. The molecule has 0 saturated heterocycles. The normalized spacial score (nSPS) is 17.4. The lowest BCUT2D eigenvalue weighted by molar-refractivity contribution is 0.211. The standard InChI is InChI=1S/C17H20N2O/c20-17(14-10-4-1-2-5-11-14)15-12-18-19-16(15)13-8-6-3-7-9-13/h3,6-10,12,17,20H,1-2,4-5,11H2,(H,18,19). The molecular formula is C17H20N2O. The van der Waals surface area contributed by atoms with Crippen molar-refractivity contribution in [3.05, 3.63) is 53.7 Å². The first kappa shape index (κ1) is 13.1. The van der Waals surface area contributed by atoms with Crippen LogP contribution in [0.5, 0.6) is 0 Å². The minimum atomic E-state index is -0.540. The fourth-order valence-electron chi connectivity index (χ4n) is 2.83. The first-order valence-electron chi connectivity index (χ1n) is 7.32. The molecule has 1 atom stereocenters. The van der Waals surface area contributed by atoms with Gasteiger partial charge in [0.2, 0.25) is 0 Å². The molecule has 1 aliphatic carbocycles. The predicted octanol–water partition coefficient (Wildman–Crippen LogP) is 4.00. The molecule has 1 aromatic heterocycles. The van der Waals surface area contributed by atoms with Gasteiger partial charge in [-0.05, 0) is 36.8 Å². The summed E-state index contributed by atoms with van der Waals surface area (Å²) in [5.74, 6) is 0. The Hall–Kier alpha value is -1.87. The molecule has 1 aromatic carbocycles. The van der Waals surface area contributed by atoms with Crippen molar-refractivity contribution < 1.29 is 5.11 Å². The number of hydrogen-bond acceptors (Lipinski definition) is 2. The number of aromatic nitrogens is 2. The fourth-order valence-corrected chi connectivity index (χ4v) is 2.83. The van der Waals surface area contributed by atoms with Crippen LogP contribution in [0.15, 0.2) is 48.2 Å². The van der Waals surface area contributed by atoms with Crippen LogP contribution in [0.1, 0.15) is 43.8 Å². The van der Waals surface area contributed by atoms with Gasteiger partial charge in [0.1, 0.15) is 6.10 Å². The maximum Gasteiger partial charge on any atom is 0.104 e. The highest BCUT2D eigenvalue weighted by molar-refractivity contribution is 5.63. The molecule has 2 aromatic rings. The summed E-state index contributed by atoms with van der Waals surface area (Å²) < 4.78 is 0. The van der Waals surface area contributed by atoms with Gasteiger partial charge in [0.25, 0.3) is 0 Å². The molecule has 0 bridgehead atoms. The second kappa shape index (κ2) is 6.06. The molecular weight excluding hydrogens is 248 g/mol. The third-order valence-corrected chi connectivity index (χ3v) is 3.95. The van der Waals surface area contributed by atoms with E-state index in [0.717, 1.165) is 35.2 Å². The van der Waals surface area contributed by atoms with Crippen LogP contribution in [0, 0.1) is 0 Å². The van der Waals surface area contributed by atoms with E-state index in [1.54, 1.807) is 6.20 Å². The van der Waals surface area contributed by atoms with E-state index in [0.29, 0.717) is 0 Å². The summed E-state index contributed by atoms with van der Waals surface area (Å²) in [5.41, 5.74) is 4.00. The number of aromatic amines is 1. The summed E-state index contributed by atoms with van der Waals surface area (Å²) in [4.78, 5) is 0. The Morgan fingerprint density at radius 2 is 1.95 bits per heavy atom. The predicted molar refractivity (Wildman–Crippen MR) is 80.2 cm³/mol. The van der Waals surface area contributed by atoms with Crippen molar-refractivity contribution in [3.8, 4) is 11.3 Å². The molecule has 3 rings (SSSR count). The largest absolute Gasteiger partial charge is 0.384 e. The second-order valence-electron chi connectivity index (χ2n) is 5.35. The van der Waals surface area contributed by atoms with E-state index in [2.05, 4.69) is 16.3 Å². The van der Waals surface area contributed by atoms with Gasteiger partial charge in [-0.15, -0.1) is 0 Å². The number of allylic oxidation sites excluding steroid dienone is 1. The van der Waals surface area contributed by atoms with Crippen LogP contribution >= 0.6 is 0 Å². The van der Waals surface area contributed by atoms with Gasteiger partial charge in [0, 0.05) is 5.56 Å². The quantitative estimate of drug-likeness (QED) is 0.827. The lowest BCUT2D eigenvalue weighted by Crippen LogP contribution is -2.02. The van der Waals surface area contributed by atoms with Gasteiger partial charge in [-0.2, -0.15) is 5.10 Å². The van der Waals surface area contributed by atoms with Gasteiger partial charge in [-0.3, -0.25) is 5.10 Å². The Morgan fingerprint density at radius 3 is 2.80 bits per heavy atom. The van der Waals surface area contributed by atoms with Crippen molar-refractivity contribution in [1.82, 2.24) is 10.2 Å². The summed E-state index contributed by atoms with van der Waals surface area (Å²) in [7, 11) is 0. The van der Waals surface area contributed by atoms with E-state index in [9.17, 15) is 5.11 Å². The van der Waals surface area contributed by atoms with Crippen LogP contribution in [0.2, 0.25) is 0 Å². The van der Waals surface area contributed by atoms with Crippen molar-refractivity contribution >= 4 is 0 Å². The number of rotatable bonds is 3. The molecule has 20 heavy (non-hydrogen) atoms. The number of hydrogen-bond donors (Lipinski definition) is 2. The van der Waals surface area contributed by atoms with E-state index in [-0.39, 0.29) is 0 Å². The zero-order chi connectivity index (χ0) is 13.8. The average Bonchev–Trinajstić information content (AvgIpc) is 2.82. The third-order valence-electron chi connectivity index (χ3n) is 3.95. The maximum atomic E-state index is 10.7. The van der Waals surface area contributed by atoms with Crippen LogP contribution < -0.4 is 0 Å². The molecule has 1 unspecified atom stereocenters. The van der Waals surface area contributed by atoms with E-state index in [1.165, 1.54) is 19.3 Å². The number of nitrogens with one attached hydrogen (secondary N) is 1. The molecule has 0 amide bonds. The van der Waals surface area contributed by atoms with Gasteiger partial charge in [0.05, 0.1) is 11.9 Å². The number of nitrogens with zero attached hydrogens (tertiary/aromatic N) is 1. The summed E-state index contributed by atoms with van der Waals surface area (Å²) in [6.07, 6.45) is 9.13. The zero-order valence-electron chi connectivity index (χ0n) is 11.5. The minimum absolute atomic E-state index is 0.540. The van der Waals surface area contributed by atoms with Crippen molar-refractivity contribution in [2.75, 3.05) is 0 Å². The number of H-pyrrole nitrogens is 1. The molecule has 1 heterocycles. The average molecular weight is 268 g/mol. The highest BCUT2D eigenvalue weighted by atomic mass is 16.3. The molecule has 0 aliphatic heterocycles. The topological polar surface area (TPSA) is 48.9 Å². The zero-order valence-corrected chi connectivity index (χ0v) is 11.5. The molecule has 3 heteroatoms. The van der Waals surface area contributed by atoms with Crippen LogP contribution in [0.4, 0.5) is 0 Å². The fraction of sp³-hybridized carbons (Fsp3) is 0.353. The Balaban J connectivity index is 1.91.